The standard InChI is InChI=1S/C21H16ClFN2O2/c1-24-14-5-8-19(26-2)15(11-14)21-25-18-10-13(4-7-20(18)27-21)12-3-6-17(23)16(22)9-12/h3-11,24H,1-2H3/p+1. The SMILES string of the molecule is C[NH2+]c1ccc(OC)c(-c2nc3cc(-c4ccc(F)c(Cl)c4)ccc3o2)c1. The molecular weight excluding hydrogens is 367 g/mol. The molecule has 0 unspecified atom stereocenters. The van der Waals surface area contributed by atoms with Crippen LogP contribution in [0.25, 0.3) is 33.7 Å². The summed E-state index contributed by atoms with van der Waals surface area (Å²) in [6.45, 7) is 0. The topological polar surface area (TPSA) is 51.9 Å². The molecule has 0 bridgehead atoms. The van der Waals surface area contributed by atoms with Gasteiger partial charge in [-0.25, -0.2) is 9.37 Å². The summed E-state index contributed by atoms with van der Waals surface area (Å²) in [5.41, 5.74) is 4.90. The number of fused-ring (bicyclic) bond motifs is 1. The Morgan fingerprint density at radius 1 is 1.04 bits per heavy atom. The second-order valence-electron chi connectivity index (χ2n) is 6.08. The molecule has 0 amide bonds. The van der Waals surface area contributed by atoms with Crippen molar-refractivity contribution >= 4 is 28.4 Å². The molecule has 1 heterocycles. The zero-order chi connectivity index (χ0) is 19.0. The minimum absolute atomic E-state index is 0.0887. The van der Waals surface area contributed by atoms with Gasteiger partial charge in [-0.05, 0) is 41.5 Å². The van der Waals surface area contributed by atoms with Crippen molar-refractivity contribution in [2.24, 2.45) is 0 Å². The Kier molecular flexibility index (Phi) is 4.56. The largest absolute Gasteiger partial charge is 0.496 e. The number of nitrogens with zero attached hydrogens (tertiary/aromatic N) is 1. The first-order valence-corrected chi connectivity index (χ1v) is 8.80. The molecule has 0 saturated heterocycles. The van der Waals surface area contributed by atoms with Crippen molar-refractivity contribution in [3.8, 4) is 28.3 Å². The van der Waals surface area contributed by atoms with Crippen LogP contribution in [-0.2, 0) is 0 Å². The van der Waals surface area contributed by atoms with Crippen molar-refractivity contribution in [2.75, 3.05) is 14.2 Å². The third kappa shape index (κ3) is 3.27. The van der Waals surface area contributed by atoms with Gasteiger partial charge in [0, 0.05) is 12.1 Å². The Labute approximate surface area is 160 Å². The lowest BCUT2D eigenvalue weighted by Crippen LogP contribution is -2.72. The number of quaternary nitrogens is 1. The first-order valence-electron chi connectivity index (χ1n) is 8.43. The molecule has 136 valence electrons. The van der Waals surface area contributed by atoms with E-state index in [0.29, 0.717) is 22.7 Å². The lowest BCUT2D eigenvalue weighted by atomic mass is 10.1. The van der Waals surface area contributed by atoms with E-state index in [2.05, 4.69) is 4.98 Å². The average molecular weight is 384 g/mol. The number of benzene rings is 3. The van der Waals surface area contributed by atoms with Crippen molar-refractivity contribution in [2.45, 2.75) is 0 Å². The molecule has 0 atom stereocenters. The van der Waals surface area contributed by atoms with Crippen molar-refractivity contribution in [3.05, 3.63) is 65.4 Å². The molecule has 6 heteroatoms. The molecule has 0 radical (unpaired) electrons. The average Bonchev–Trinajstić information content (AvgIpc) is 3.12. The maximum Gasteiger partial charge on any atom is 0.231 e. The fourth-order valence-corrected chi connectivity index (χ4v) is 3.15. The predicted molar refractivity (Wildman–Crippen MR) is 104 cm³/mol. The first-order chi connectivity index (χ1) is 13.1. The van der Waals surface area contributed by atoms with E-state index >= 15 is 0 Å². The number of halogens is 2. The summed E-state index contributed by atoms with van der Waals surface area (Å²) in [5.74, 6) is 0.738. The molecular formula is C21H17ClFN2O2+. The third-order valence-corrected chi connectivity index (χ3v) is 4.72. The van der Waals surface area contributed by atoms with E-state index in [1.165, 1.54) is 6.07 Å². The molecule has 4 aromatic rings. The summed E-state index contributed by atoms with van der Waals surface area (Å²) in [4.78, 5) is 4.63. The number of methoxy groups -OCH3 is 1. The molecule has 0 spiro atoms. The summed E-state index contributed by atoms with van der Waals surface area (Å²) in [6.07, 6.45) is 0. The van der Waals surface area contributed by atoms with E-state index < -0.39 is 5.82 Å². The van der Waals surface area contributed by atoms with E-state index in [9.17, 15) is 4.39 Å². The fraction of sp³-hybridized carbons (Fsp3) is 0.0952. The van der Waals surface area contributed by atoms with E-state index in [1.807, 2.05) is 48.8 Å². The highest BCUT2D eigenvalue weighted by Gasteiger charge is 2.15. The van der Waals surface area contributed by atoms with Gasteiger partial charge in [-0.2, -0.15) is 0 Å². The monoisotopic (exact) mass is 383 g/mol. The normalized spacial score (nSPS) is 11.1. The molecule has 3 aromatic carbocycles. The van der Waals surface area contributed by atoms with Crippen LogP contribution in [0.5, 0.6) is 5.75 Å². The van der Waals surface area contributed by atoms with Gasteiger partial charge in [0.2, 0.25) is 5.89 Å². The number of hydrogen-bond donors (Lipinski definition) is 1. The molecule has 1 aromatic heterocycles. The van der Waals surface area contributed by atoms with Gasteiger partial charge in [-0.1, -0.05) is 23.7 Å². The molecule has 4 rings (SSSR count). The van der Waals surface area contributed by atoms with Crippen LogP contribution >= 0.6 is 11.6 Å². The predicted octanol–water partition coefficient (Wildman–Crippen LogP) is 4.79. The van der Waals surface area contributed by atoms with Crippen LogP contribution in [0.3, 0.4) is 0 Å². The van der Waals surface area contributed by atoms with Crippen LogP contribution in [0.1, 0.15) is 0 Å². The maximum absolute atomic E-state index is 13.4. The highest BCUT2D eigenvalue weighted by atomic mass is 35.5. The zero-order valence-electron chi connectivity index (χ0n) is 14.8. The van der Waals surface area contributed by atoms with Crippen molar-refractivity contribution in [1.82, 2.24) is 4.98 Å². The van der Waals surface area contributed by atoms with Crippen LogP contribution in [0.2, 0.25) is 5.02 Å². The lowest BCUT2D eigenvalue weighted by molar-refractivity contribution is -0.539. The molecule has 0 fully saturated rings. The van der Waals surface area contributed by atoms with Crippen LogP contribution in [0.4, 0.5) is 10.1 Å². The van der Waals surface area contributed by atoms with Gasteiger partial charge < -0.3 is 14.5 Å². The Bertz CT molecular complexity index is 1140. The van der Waals surface area contributed by atoms with E-state index in [1.54, 1.807) is 19.2 Å². The summed E-state index contributed by atoms with van der Waals surface area (Å²) < 4.78 is 24.8. The lowest BCUT2D eigenvalue weighted by Gasteiger charge is -2.05. The van der Waals surface area contributed by atoms with Crippen molar-refractivity contribution < 1.29 is 18.9 Å². The van der Waals surface area contributed by atoms with Crippen molar-refractivity contribution in [3.63, 3.8) is 0 Å². The Balaban J connectivity index is 1.80. The number of oxazole rings is 1. The minimum Gasteiger partial charge on any atom is -0.496 e. The highest BCUT2D eigenvalue weighted by molar-refractivity contribution is 6.31. The molecule has 0 aliphatic rings. The van der Waals surface area contributed by atoms with E-state index in [4.69, 9.17) is 20.8 Å². The second-order valence-corrected chi connectivity index (χ2v) is 6.49. The minimum atomic E-state index is -0.440. The summed E-state index contributed by atoms with van der Waals surface area (Å²) in [7, 11) is 3.59. The van der Waals surface area contributed by atoms with Gasteiger partial charge in [0.15, 0.2) is 5.58 Å². The second kappa shape index (κ2) is 7.02. The molecule has 0 saturated carbocycles. The molecule has 0 aliphatic heterocycles. The summed E-state index contributed by atoms with van der Waals surface area (Å²) >= 11 is 5.90. The fourth-order valence-electron chi connectivity index (χ4n) is 2.97. The smallest absolute Gasteiger partial charge is 0.231 e. The number of nitrogens with two attached hydrogens (primary N) is 1. The number of hydrogen-bond acceptors (Lipinski definition) is 3. The number of rotatable bonds is 4. The molecule has 27 heavy (non-hydrogen) atoms. The van der Waals surface area contributed by atoms with Crippen LogP contribution in [-0.4, -0.2) is 19.1 Å². The molecule has 0 aliphatic carbocycles. The van der Waals surface area contributed by atoms with Gasteiger partial charge in [-0.15, -0.1) is 0 Å². The Morgan fingerprint density at radius 3 is 2.56 bits per heavy atom. The number of ether oxygens (including phenoxy) is 1. The summed E-state index contributed by atoms with van der Waals surface area (Å²) in [5, 5.41) is 2.09. The van der Waals surface area contributed by atoms with Gasteiger partial charge in [0.1, 0.15) is 22.8 Å². The zero-order valence-corrected chi connectivity index (χ0v) is 15.5. The molecule has 4 nitrogen and oxygen atoms in total. The Hall–Kier alpha value is -2.89. The van der Waals surface area contributed by atoms with Crippen LogP contribution in [0.15, 0.2) is 59.0 Å². The quantitative estimate of drug-likeness (QED) is 0.515. The van der Waals surface area contributed by atoms with Gasteiger partial charge in [-0.3, -0.25) is 0 Å². The van der Waals surface area contributed by atoms with E-state index in [-0.39, 0.29) is 5.02 Å². The van der Waals surface area contributed by atoms with E-state index in [0.717, 1.165) is 22.4 Å². The van der Waals surface area contributed by atoms with Crippen LogP contribution in [0, 0.1) is 5.82 Å². The van der Waals surface area contributed by atoms with Gasteiger partial charge in [0.05, 0.1) is 24.7 Å². The maximum atomic E-state index is 13.4. The highest BCUT2D eigenvalue weighted by Crippen LogP contribution is 2.34. The Morgan fingerprint density at radius 2 is 1.81 bits per heavy atom. The number of aromatic nitrogens is 1. The van der Waals surface area contributed by atoms with Gasteiger partial charge in [0.25, 0.3) is 0 Å². The summed E-state index contributed by atoms with van der Waals surface area (Å²) in [6, 6.07) is 16.1. The van der Waals surface area contributed by atoms with Crippen LogP contribution < -0.4 is 10.1 Å². The van der Waals surface area contributed by atoms with Crippen molar-refractivity contribution in [1.29, 1.82) is 0 Å². The third-order valence-electron chi connectivity index (χ3n) is 4.43. The van der Waals surface area contributed by atoms with Gasteiger partial charge >= 0.3 is 0 Å². The molecule has 2 N–H and O–H groups in total. The first kappa shape index (κ1) is 17.5.